The van der Waals surface area contributed by atoms with Crippen LogP contribution in [0.5, 0.6) is 5.75 Å². The number of carbonyl (C=O) groups excluding carboxylic acids is 1. The van der Waals surface area contributed by atoms with Crippen molar-refractivity contribution in [2.24, 2.45) is 0 Å². The molecule has 0 bridgehead atoms. The van der Waals surface area contributed by atoms with Crippen molar-refractivity contribution >= 4 is 40.0 Å². The standard InChI is InChI=1S/C19H16Cl2N2O2/c20-12-5-6-18(15(21)9-12)25-11-19(24)23-8-7-17-14(10-23)13-3-1-2-4-16(13)22-17/h1-6,9,22H,7-8,10-11H2. The lowest BCUT2D eigenvalue weighted by molar-refractivity contribution is -0.134. The van der Waals surface area contributed by atoms with Crippen molar-refractivity contribution in [3.63, 3.8) is 0 Å². The van der Waals surface area contributed by atoms with Gasteiger partial charge in [0, 0.05) is 46.7 Å². The SMILES string of the molecule is O=C(COc1ccc(Cl)cc1Cl)N1CCc2[nH]c3ccccc3c2C1. The highest BCUT2D eigenvalue weighted by atomic mass is 35.5. The number of hydrogen-bond donors (Lipinski definition) is 1. The smallest absolute Gasteiger partial charge is 0.260 e. The summed E-state index contributed by atoms with van der Waals surface area (Å²) in [4.78, 5) is 17.8. The molecule has 0 saturated carbocycles. The van der Waals surface area contributed by atoms with Gasteiger partial charge in [-0.2, -0.15) is 0 Å². The summed E-state index contributed by atoms with van der Waals surface area (Å²) in [5.41, 5.74) is 3.53. The van der Waals surface area contributed by atoms with E-state index in [1.54, 1.807) is 18.2 Å². The molecule has 4 rings (SSSR count). The number of aromatic nitrogens is 1. The Morgan fingerprint density at radius 1 is 1.20 bits per heavy atom. The predicted octanol–water partition coefficient (Wildman–Crippen LogP) is 4.44. The molecule has 4 nitrogen and oxygen atoms in total. The van der Waals surface area contributed by atoms with E-state index in [1.807, 2.05) is 17.0 Å². The summed E-state index contributed by atoms with van der Waals surface area (Å²) in [7, 11) is 0. The molecular weight excluding hydrogens is 359 g/mol. The van der Waals surface area contributed by atoms with Crippen LogP contribution in [0, 0.1) is 0 Å². The Balaban J connectivity index is 1.46. The van der Waals surface area contributed by atoms with Crippen LogP contribution >= 0.6 is 23.2 Å². The lowest BCUT2D eigenvalue weighted by Crippen LogP contribution is -2.38. The van der Waals surface area contributed by atoms with Crippen LogP contribution in [0.15, 0.2) is 42.5 Å². The number of H-pyrrole nitrogens is 1. The molecule has 0 unspecified atom stereocenters. The van der Waals surface area contributed by atoms with Gasteiger partial charge in [0.15, 0.2) is 6.61 Å². The molecular formula is C19H16Cl2N2O2. The Hall–Kier alpha value is -2.17. The van der Waals surface area contributed by atoms with Gasteiger partial charge in [0.1, 0.15) is 5.75 Å². The van der Waals surface area contributed by atoms with Crippen LogP contribution in [0.2, 0.25) is 10.0 Å². The number of hydrogen-bond acceptors (Lipinski definition) is 2. The van der Waals surface area contributed by atoms with E-state index in [-0.39, 0.29) is 12.5 Å². The minimum atomic E-state index is -0.0538. The zero-order valence-corrected chi connectivity index (χ0v) is 14.9. The number of nitrogens with one attached hydrogen (secondary N) is 1. The first-order chi connectivity index (χ1) is 12.1. The number of halogens is 2. The van der Waals surface area contributed by atoms with E-state index >= 15 is 0 Å². The Morgan fingerprint density at radius 3 is 2.88 bits per heavy atom. The molecule has 1 amide bonds. The number of benzene rings is 2. The van der Waals surface area contributed by atoms with E-state index in [4.69, 9.17) is 27.9 Å². The molecule has 3 aromatic rings. The monoisotopic (exact) mass is 374 g/mol. The second-order valence-corrected chi connectivity index (χ2v) is 6.90. The molecule has 0 saturated heterocycles. The molecule has 128 valence electrons. The van der Waals surface area contributed by atoms with Crippen LogP contribution in [0.4, 0.5) is 0 Å². The average Bonchev–Trinajstić information content (AvgIpc) is 2.98. The number of fused-ring (bicyclic) bond motifs is 3. The summed E-state index contributed by atoms with van der Waals surface area (Å²) in [5.74, 6) is 0.408. The van der Waals surface area contributed by atoms with Gasteiger partial charge in [-0.1, -0.05) is 41.4 Å². The third-order valence-electron chi connectivity index (χ3n) is 4.48. The number of nitrogens with zero attached hydrogens (tertiary/aromatic N) is 1. The van der Waals surface area contributed by atoms with Gasteiger partial charge in [-0.25, -0.2) is 0 Å². The molecule has 6 heteroatoms. The van der Waals surface area contributed by atoms with Gasteiger partial charge < -0.3 is 14.6 Å². The molecule has 0 spiro atoms. The minimum absolute atomic E-state index is 0.0426. The maximum atomic E-state index is 12.5. The number of para-hydroxylation sites is 1. The third kappa shape index (κ3) is 3.20. The zero-order chi connectivity index (χ0) is 17.4. The molecule has 0 atom stereocenters. The topological polar surface area (TPSA) is 45.3 Å². The molecule has 2 heterocycles. The van der Waals surface area contributed by atoms with Crippen molar-refractivity contribution < 1.29 is 9.53 Å². The van der Waals surface area contributed by atoms with E-state index in [9.17, 15) is 4.79 Å². The molecule has 1 aliphatic rings. The van der Waals surface area contributed by atoms with Crippen molar-refractivity contribution in [3.8, 4) is 5.75 Å². The van der Waals surface area contributed by atoms with Crippen molar-refractivity contribution in [1.29, 1.82) is 0 Å². The maximum Gasteiger partial charge on any atom is 0.260 e. The molecule has 1 aliphatic heterocycles. The Kier molecular flexibility index (Phi) is 4.32. The first-order valence-electron chi connectivity index (χ1n) is 8.06. The van der Waals surface area contributed by atoms with Crippen LogP contribution in [0.1, 0.15) is 11.3 Å². The van der Waals surface area contributed by atoms with Crippen molar-refractivity contribution in [1.82, 2.24) is 9.88 Å². The van der Waals surface area contributed by atoms with Crippen LogP contribution in [-0.2, 0) is 17.8 Å². The highest BCUT2D eigenvalue weighted by Gasteiger charge is 2.24. The van der Waals surface area contributed by atoms with E-state index in [0.717, 1.165) is 11.9 Å². The van der Waals surface area contributed by atoms with E-state index in [1.165, 1.54) is 16.6 Å². The van der Waals surface area contributed by atoms with Crippen LogP contribution < -0.4 is 4.74 Å². The quantitative estimate of drug-likeness (QED) is 0.736. The predicted molar refractivity (Wildman–Crippen MR) is 99.4 cm³/mol. The van der Waals surface area contributed by atoms with E-state index in [0.29, 0.717) is 28.9 Å². The van der Waals surface area contributed by atoms with Crippen molar-refractivity contribution in [3.05, 3.63) is 63.8 Å². The van der Waals surface area contributed by atoms with Gasteiger partial charge in [-0.15, -0.1) is 0 Å². The summed E-state index contributed by atoms with van der Waals surface area (Å²) in [6, 6.07) is 13.1. The fourth-order valence-electron chi connectivity index (χ4n) is 3.20. The summed E-state index contributed by atoms with van der Waals surface area (Å²) in [6.45, 7) is 1.23. The number of aromatic amines is 1. The fourth-order valence-corrected chi connectivity index (χ4v) is 3.67. The summed E-state index contributed by atoms with van der Waals surface area (Å²) >= 11 is 11.9. The van der Waals surface area contributed by atoms with Gasteiger partial charge in [0.05, 0.1) is 5.02 Å². The lowest BCUT2D eigenvalue weighted by Gasteiger charge is -2.27. The van der Waals surface area contributed by atoms with Crippen LogP contribution in [0.3, 0.4) is 0 Å². The van der Waals surface area contributed by atoms with Gasteiger partial charge >= 0.3 is 0 Å². The molecule has 0 aliphatic carbocycles. The van der Waals surface area contributed by atoms with Crippen molar-refractivity contribution in [2.75, 3.05) is 13.2 Å². The molecule has 0 fully saturated rings. The number of ether oxygens (including phenoxy) is 1. The first kappa shape index (κ1) is 16.3. The van der Waals surface area contributed by atoms with Crippen LogP contribution in [0.25, 0.3) is 10.9 Å². The number of amides is 1. The highest BCUT2D eigenvalue weighted by molar-refractivity contribution is 6.35. The maximum absolute atomic E-state index is 12.5. The van der Waals surface area contributed by atoms with Gasteiger partial charge in [0.2, 0.25) is 0 Å². The van der Waals surface area contributed by atoms with Crippen LogP contribution in [-0.4, -0.2) is 28.9 Å². The average molecular weight is 375 g/mol. The third-order valence-corrected chi connectivity index (χ3v) is 5.01. The second kappa shape index (κ2) is 6.62. The van der Waals surface area contributed by atoms with Gasteiger partial charge in [-0.05, 0) is 24.3 Å². The lowest BCUT2D eigenvalue weighted by atomic mass is 10.0. The number of rotatable bonds is 3. The summed E-state index contributed by atoms with van der Waals surface area (Å²) in [5, 5.41) is 2.11. The normalized spacial score (nSPS) is 13.8. The molecule has 25 heavy (non-hydrogen) atoms. The number of carbonyl (C=O) groups is 1. The fraction of sp³-hybridized carbons (Fsp3) is 0.211. The van der Waals surface area contributed by atoms with E-state index in [2.05, 4.69) is 17.1 Å². The van der Waals surface area contributed by atoms with Gasteiger partial charge in [-0.3, -0.25) is 4.79 Å². The Labute approximate surface area is 155 Å². The molecule has 1 N–H and O–H groups in total. The Morgan fingerprint density at radius 2 is 2.04 bits per heavy atom. The summed E-state index contributed by atoms with van der Waals surface area (Å²) < 4.78 is 5.57. The summed E-state index contributed by atoms with van der Waals surface area (Å²) in [6.07, 6.45) is 0.817. The first-order valence-corrected chi connectivity index (χ1v) is 8.81. The highest BCUT2D eigenvalue weighted by Crippen LogP contribution is 2.29. The Bertz CT molecular complexity index is 952. The van der Waals surface area contributed by atoms with Gasteiger partial charge in [0.25, 0.3) is 5.91 Å². The second-order valence-electron chi connectivity index (χ2n) is 6.06. The molecule has 2 aromatic carbocycles. The van der Waals surface area contributed by atoms with Crippen molar-refractivity contribution in [2.45, 2.75) is 13.0 Å². The molecule has 0 radical (unpaired) electrons. The largest absolute Gasteiger partial charge is 0.482 e. The zero-order valence-electron chi connectivity index (χ0n) is 13.4. The molecule has 1 aromatic heterocycles. The minimum Gasteiger partial charge on any atom is -0.482 e. The van der Waals surface area contributed by atoms with E-state index < -0.39 is 0 Å².